The molecule has 0 saturated heterocycles. The number of carbonyl (C=O) groups is 1. The molecule has 4 rings (SSSR count). The van der Waals surface area contributed by atoms with E-state index in [2.05, 4.69) is 15.3 Å². The van der Waals surface area contributed by atoms with Crippen molar-refractivity contribution in [1.29, 1.82) is 0 Å². The fraction of sp³-hybridized carbons (Fsp3) is 0.125. The van der Waals surface area contributed by atoms with Gasteiger partial charge in [-0.25, -0.2) is 13.8 Å². The van der Waals surface area contributed by atoms with Crippen LogP contribution in [0.15, 0.2) is 73.1 Å². The number of halogens is 2. The zero-order chi connectivity index (χ0) is 22.5. The topological polar surface area (TPSA) is 75.1 Å². The molecule has 1 atom stereocenters. The van der Waals surface area contributed by atoms with E-state index >= 15 is 0 Å². The van der Waals surface area contributed by atoms with Gasteiger partial charge >= 0.3 is 0 Å². The number of hydrogen-bond acceptors (Lipinski definition) is 5. The molecule has 0 radical (unpaired) electrons. The molecule has 0 spiro atoms. The van der Waals surface area contributed by atoms with Crippen LogP contribution in [-0.4, -0.2) is 33.6 Å². The third kappa shape index (κ3) is 4.87. The molecule has 4 aromatic rings. The molecule has 0 aliphatic heterocycles. The lowest BCUT2D eigenvalue weighted by Gasteiger charge is -2.17. The molecule has 0 unspecified atom stereocenters. The number of amides is 1. The summed E-state index contributed by atoms with van der Waals surface area (Å²) in [7, 11) is 0. The Hall–Kier alpha value is -3.49. The lowest BCUT2D eigenvalue weighted by molar-refractivity contribution is 0.0917. The van der Waals surface area contributed by atoms with Crippen molar-refractivity contribution in [2.24, 2.45) is 0 Å². The number of carbonyl (C=O) groups excluding carboxylic acids is 1. The SMILES string of the molecule is O=C(N[C@@H](CO)Cc1ccccn1)c1ccccc1-c1ncc(-c2ccc(F)c(F)c2)s1. The number of pyridine rings is 1. The first kappa shape index (κ1) is 21.7. The number of nitrogens with one attached hydrogen (secondary N) is 1. The highest BCUT2D eigenvalue weighted by Gasteiger charge is 2.19. The summed E-state index contributed by atoms with van der Waals surface area (Å²) in [4.78, 5) is 22.3. The second-order valence-electron chi connectivity index (χ2n) is 7.08. The van der Waals surface area contributed by atoms with Gasteiger partial charge in [0, 0.05) is 35.6 Å². The van der Waals surface area contributed by atoms with Crippen LogP contribution < -0.4 is 5.32 Å². The van der Waals surface area contributed by atoms with Gasteiger partial charge < -0.3 is 10.4 Å². The third-order valence-corrected chi connectivity index (χ3v) is 5.93. The average Bonchev–Trinajstić information content (AvgIpc) is 3.31. The first-order chi connectivity index (χ1) is 15.5. The summed E-state index contributed by atoms with van der Waals surface area (Å²) in [5.41, 5.74) is 2.28. The van der Waals surface area contributed by atoms with E-state index in [4.69, 9.17) is 0 Å². The second kappa shape index (κ2) is 9.76. The lowest BCUT2D eigenvalue weighted by atomic mass is 10.1. The van der Waals surface area contributed by atoms with Crippen molar-refractivity contribution in [3.8, 4) is 21.0 Å². The molecule has 2 N–H and O–H groups in total. The number of rotatable bonds is 7. The standard InChI is InChI=1S/C24H19F2N3O2S/c25-20-9-8-15(11-21(20)26)22-13-28-24(32-22)19-7-2-1-6-18(19)23(31)29-17(14-30)12-16-5-3-4-10-27-16/h1-11,13,17,30H,12,14H2,(H,29,31)/t17-/m1/s1. The van der Waals surface area contributed by atoms with E-state index in [1.54, 1.807) is 42.7 Å². The molecule has 1 amide bonds. The summed E-state index contributed by atoms with van der Waals surface area (Å²) in [5.74, 6) is -2.19. The van der Waals surface area contributed by atoms with Gasteiger partial charge in [-0.1, -0.05) is 30.3 Å². The van der Waals surface area contributed by atoms with E-state index in [-0.39, 0.29) is 12.5 Å². The molecule has 0 aliphatic carbocycles. The van der Waals surface area contributed by atoms with E-state index < -0.39 is 17.7 Å². The maximum Gasteiger partial charge on any atom is 0.252 e. The van der Waals surface area contributed by atoms with Crippen molar-refractivity contribution in [2.75, 3.05) is 6.61 Å². The largest absolute Gasteiger partial charge is 0.394 e. The minimum atomic E-state index is -0.930. The molecule has 2 aromatic carbocycles. The smallest absolute Gasteiger partial charge is 0.252 e. The van der Waals surface area contributed by atoms with Crippen LogP contribution in [0.5, 0.6) is 0 Å². The Bertz CT molecular complexity index is 1230. The van der Waals surface area contributed by atoms with E-state index in [1.807, 2.05) is 12.1 Å². The molecule has 2 heterocycles. The van der Waals surface area contributed by atoms with Gasteiger partial charge in [0.1, 0.15) is 5.01 Å². The molecular formula is C24H19F2N3O2S. The normalized spacial score (nSPS) is 11.8. The average molecular weight is 451 g/mol. The van der Waals surface area contributed by atoms with Crippen LogP contribution in [0.25, 0.3) is 21.0 Å². The Kier molecular flexibility index (Phi) is 6.63. The van der Waals surface area contributed by atoms with E-state index in [1.165, 1.54) is 17.4 Å². The molecule has 0 fully saturated rings. The molecule has 0 aliphatic rings. The number of nitrogens with zero attached hydrogens (tertiary/aromatic N) is 2. The highest BCUT2D eigenvalue weighted by Crippen LogP contribution is 2.34. The summed E-state index contributed by atoms with van der Waals surface area (Å²) in [5, 5.41) is 13.2. The summed E-state index contributed by atoms with van der Waals surface area (Å²) in [6.07, 6.45) is 3.62. The summed E-state index contributed by atoms with van der Waals surface area (Å²) >= 11 is 1.27. The van der Waals surface area contributed by atoms with Crippen molar-refractivity contribution >= 4 is 17.2 Å². The van der Waals surface area contributed by atoms with Gasteiger partial charge in [-0.2, -0.15) is 0 Å². The monoisotopic (exact) mass is 451 g/mol. The number of aliphatic hydroxyl groups is 1. The van der Waals surface area contributed by atoms with Crippen LogP contribution in [-0.2, 0) is 6.42 Å². The lowest BCUT2D eigenvalue weighted by Crippen LogP contribution is -2.39. The molecule has 2 aromatic heterocycles. The Morgan fingerprint density at radius 1 is 1.03 bits per heavy atom. The Morgan fingerprint density at radius 3 is 2.59 bits per heavy atom. The number of benzene rings is 2. The first-order valence-electron chi connectivity index (χ1n) is 9.87. The van der Waals surface area contributed by atoms with E-state index in [0.29, 0.717) is 33.0 Å². The zero-order valence-corrected chi connectivity index (χ0v) is 17.7. The summed E-state index contributed by atoms with van der Waals surface area (Å²) in [6.45, 7) is -0.234. The third-order valence-electron chi connectivity index (χ3n) is 4.85. The molecule has 8 heteroatoms. The minimum Gasteiger partial charge on any atom is -0.394 e. The number of thiazole rings is 1. The molecule has 162 valence electrons. The van der Waals surface area contributed by atoms with Gasteiger partial charge in [-0.15, -0.1) is 11.3 Å². The Morgan fingerprint density at radius 2 is 1.84 bits per heavy atom. The predicted molar refractivity (Wildman–Crippen MR) is 119 cm³/mol. The minimum absolute atomic E-state index is 0.234. The van der Waals surface area contributed by atoms with Crippen LogP contribution in [0.3, 0.4) is 0 Å². The van der Waals surface area contributed by atoms with Crippen molar-refractivity contribution in [2.45, 2.75) is 12.5 Å². The van der Waals surface area contributed by atoms with Gasteiger partial charge in [0.25, 0.3) is 5.91 Å². The highest BCUT2D eigenvalue weighted by molar-refractivity contribution is 7.18. The van der Waals surface area contributed by atoms with Crippen LogP contribution >= 0.6 is 11.3 Å². The number of aromatic nitrogens is 2. The van der Waals surface area contributed by atoms with Crippen LogP contribution in [0.1, 0.15) is 16.1 Å². The van der Waals surface area contributed by atoms with Crippen molar-refractivity contribution < 1.29 is 18.7 Å². The van der Waals surface area contributed by atoms with Crippen LogP contribution in [0, 0.1) is 11.6 Å². The van der Waals surface area contributed by atoms with Gasteiger partial charge in [-0.05, 0) is 35.9 Å². The molecule has 0 bridgehead atoms. The maximum absolute atomic E-state index is 13.6. The summed E-state index contributed by atoms with van der Waals surface area (Å²) < 4.78 is 26.9. The van der Waals surface area contributed by atoms with Gasteiger partial charge in [0.05, 0.1) is 17.5 Å². The van der Waals surface area contributed by atoms with Gasteiger partial charge in [0.15, 0.2) is 11.6 Å². The molecule has 0 saturated carbocycles. The highest BCUT2D eigenvalue weighted by atomic mass is 32.1. The molecular weight excluding hydrogens is 432 g/mol. The van der Waals surface area contributed by atoms with Gasteiger partial charge in [-0.3, -0.25) is 9.78 Å². The molecule has 32 heavy (non-hydrogen) atoms. The maximum atomic E-state index is 13.6. The van der Waals surface area contributed by atoms with Crippen molar-refractivity contribution in [1.82, 2.24) is 15.3 Å². The molecule has 5 nitrogen and oxygen atoms in total. The number of aliphatic hydroxyl groups excluding tert-OH is 1. The van der Waals surface area contributed by atoms with Crippen molar-refractivity contribution in [3.63, 3.8) is 0 Å². The predicted octanol–water partition coefficient (Wildman–Crippen LogP) is 4.48. The van der Waals surface area contributed by atoms with Gasteiger partial charge in [0.2, 0.25) is 0 Å². The number of hydrogen-bond donors (Lipinski definition) is 2. The van der Waals surface area contributed by atoms with Crippen LogP contribution in [0.4, 0.5) is 8.78 Å². The first-order valence-corrected chi connectivity index (χ1v) is 10.7. The fourth-order valence-corrected chi connectivity index (χ4v) is 4.20. The van der Waals surface area contributed by atoms with Crippen LogP contribution in [0.2, 0.25) is 0 Å². The fourth-order valence-electron chi connectivity index (χ4n) is 3.24. The summed E-state index contributed by atoms with van der Waals surface area (Å²) in [6, 6.07) is 15.6. The van der Waals surface area contributed by atoms with Crippen molar-refractivity contribution in [3.05, 3.63) is 95.9 Å². The van der Waals surface area contributed by atoms with E-state index in [0.717, 1.165) is 17.8 Å². The van der Waals surface area contributed by atoms with E-state index in [9.17, 15) is 18.7 Å². The quantitative estimate of drug-likeness (QED) is 0.434. The Balaban J connectivity index is 1.57. The zero-order valence-electron chi connectivity index (χ0n) is 16.8. The Labute approximate surface area is 187 Å². The second-order valence-corrected chi connectivity index (χ2v) is 8.11.